The van der Waals surface area contributed by atoms with Crippen LogP contribution in [0.3, 0.4) is 0 Å². The van der Waals surface area contributed by atoms with Crippen LogP contribution in [-0.4, -0.2) is 15.1 Å². The molecule has 6 rings (SSSR count). The molecule has 2 heterocycles. The molecule has 0 radical (unpaired) electrons. The van der Waals surface area contributed by atoms with Gasteiger partial charge in [0.05, 0.1) is 11.1 Å². The third kappa shape index (κ3) is 7.77. The van der Waals surface area contributed by atoms with Gasteiger partial charge in [-0.05, 0) is 74.7 Å². The summed E-state index contributed by atoms with van der Waals surface area (Å²) >= 11 is 1.62. The normalized spacial score (nSPS) is 12.2. The summed E-state index contributed by atoms with van der Waals surface area (Å²) in [5.74, 6) is 1.13. The van der Waals surface area contributed by atoms with Crippen LogP contribution in [0.15, 0.2) is 85.1 Å². The predicted octanol–water partition coefficient (Wildman–Crippen LogP) is 12.7. The van der Waals surface area contributed by atoms with Gasteiger partial charge in [0.15, 0.2) is 0 Å². The van der Waals surface area contributed by atoms with Crippen LogP contribution >= 0.6 is 11.3 Å². The van der Waals surface area contributed by atoms with Crippen LogP contribution in [0.5, 0.6) is 5.75 Å². The fourth-order valence-electron chi connectivity index (χ4n) is 5.99. The Balaban J connectivity index is 0.00000468. The van der Waals surface area contributed by atoms with Crippen molar-refractivity contribution in [2.24, 2.45) is 0 Å². The Hall–Kier alpha value is -3.59. The second-order valence-corrected chi connectivity index (χ2v) is 16.8. The van der Waals surface area contributed by atoms with Crippen LogP contribution in [0.1, 0.15) is 103 Å². The Labute approximate surface area is 311 Å². The molecule has 0 fully saturated rings. The molecule has 0 unspecified atom stereocenters. The summed E-state index contributed by atoms with van der Waals surface area (Å²) in [6.07, 6.45) is 1.93. The molecular formula is C44H47N2OPtS-. The van der Waals surface area contributed by atoms with Crippen molar-refractivity contribution in [2.75, 3.05) is 0 Å². The molecule has 0 saturated heterocycles. The average molecular weight is 847 g/mol. The molecule has 0 saturated carbocycles. The van der Waals surface area contributed by atoms with E-state index in [9.17, 15) is 5.11 Å². The molecule has 49 heavy (non-hydrogen) atoms. The molecule has 0 aliphatic carbocycles. The summed E-state index contributed by atoms with van der Waals surface area (Å²) in [4.78, 5) is 10.1. The van der Waals surface area contributed by atoms with Gasteiger partial charge in [0, 0.05) is 37.7 Å². The van der Waals surface area contributed by atoms with Gasteiger partial charge >= 0.3 is 0 Å². The molecule has 1 N–H and O–H groups in total. The van der Waals surface area contributed by atoms with E-state index in [1.165, 1.54) is 27.8 Å². The molecular weight excluding hydrogens is 800 g/mol. The Morgan fingerprint density at radius 3 is 1.90 bits per heavy atom. The molecule has 6 aromatic rings. The van der Waals surface area contributed by atoms with Gasteiger partial charge in [-0.2, -0.15) is 0 Å². The largest absolute Gasteiger partial charge is 0.507 e. The van der Waals surface area contributed by atoms with E-state index in [0.717, 1.165) is 48.7 Å². The maximum absolute atomic E-state index is 10.7. The van der Waals surface area contributed by atoms with Crippen LogP contribution in [0.2, 0.25) is 0 Å². The maximum atomic E-state index is 10.7. The van der Waals surface area contributed by atoms with Gasteiger partial charge in [-0.1, -0.05) is 123 Å². The Morgan fingerprint density at radius 2 is 1.29 bits per heavy atom. The van der Waals surface area contributed by atoms with Crippen molar-refractivity contribution in [3.8, 4) is 49.8 Å². The summed E-state index contributed by atoms with van der Waals surface area (Å²) in [6, 6.07) is 31.7. The third-order valence-electron chi connectivity index (χ3n) is 9.20. The van der Waals surface area contributed by atoms with Gasteiger partial charge in [-0.25, -0.2) is 4.98 Å². The number of fused-ring (bicyclic) bond motifs is 1. The average Bonchev–Trinajstić information content (AvgIpc) is 3.47. The van der Waals surface area contributed by atoms with Gasteiger partial charge in [0.25, 0.3) is 0 Å². The van der Waals surface area contributed by atoms with E-state index in [4.69, 9.17) is 9.97 Å². The first-order valence-corrected chi connectivity index (χ1v) is 17.8. The maximum Gasteiger partial charge on any atom is 0.127 e. The van der Waals surface area contributed by atoms with Crippen LogP contribution < -0.4 is 0 Å². The predicted molar refractivity (Wildman–Crippen MR) is 205 cm³/mol. The number of nitrogens with zero attached hydrogens (tertiary/aromatic N) is 2. The summed E-state index contributed by atoms with van der Waals surface area (Å²) in [6.45, 7) is 22.5. The second kappa shape index (κ2) is 14.0. The molecule has 4 aromatic carbocycles. The van der Waals surface area contributed by atoms with Crippen molar-refractivity contribution < 1.29 is 26.2 Å². The fourth-order valence-corrected chi connectivity index (χ4v) is 7.06. The number of para-hydroxylation sites is 1. The van der Waals surface area contributed by atoms with E-state index in [1.54, 1.807) is 17.4 Å². The van der Waals surface area contributed by atoms with Gasteiger partial charge < -0.3 is 5.11 Å². The molecule has 0 bridgehead atoms. The smallest absolute Gasteiger partial charge is 0.127 e. The van der Waals surface area contributed by atoms with Crippen LogP contribution in [-0.2, 0) is 31.9 Å². The minimum Gasteiger partial charge on any atom is -0.507 e. The standard InChI is InChI=1S/C44H47N2OS.Pt/c1-26(2)29-17-30(27(3)4)19-31(18-29)28-15-16-45-38(23-28)33-20-32(21-34(22-33)43(5,6)7)37-24-35(44(8,9)10)25-40-41(37)46-42(48-40)36-13-11-12-14-39(36)47;/h11-19,21-27,47H,1-10H3;/q-1;. The number of hydrogen-bond donors (Lipinski definition) is 1. The molecule has 3 nitrogen and oxygen atoms in total. The summed E-state index contributed by atoms with van der Waals surface area (Å²) in [5.41, 5.74) is 13.0. The van der Waals surface area contributed by atoms with Gasteiger partial charge in [0.2, 0.25) is 0 Å². The van der Waals surface area contributed by atoms with Crippen molar-refractivity contribution in [1.82, 2.24) is 9.97 Å². The third-order valence-corrected chi connectivity index (χ3v) is 10.2. The van der Waals surface area contributed by atoms with Gasteiger partial charge in [-0.3, -0.25) is 4.98 Å². The number of aromatic nitrogens is 2. The molecule has 2 aromatic heterocycles. The Kier molecular flexibility index (Phi) is 10.5. The first-order valence-electron chi connectivity index (χ1n) is 17.0. The fraction of sp³-hybridized carbons (Fsp3) is 0.318. The summed E-state index contributed by atoms with van der Waals surface area (Å²) in [5, 5.41) is 11.5. The SMILES string of the molecule is CC(C)c1cc(-c2ccnc(-c3[c-]c(-c4cc(C(C)(C)C)cc5sc(-c6ccccc6O)nc45)cc(C(C)(C)C)c3)c2)cc(C(C)C)c1.[Pt]. The number of phenolic OH excluding ortho intramolecular Hbond substituents is 1. The first-order chi connectivity index (χ1) is 22.6. The second-order valence-electron chi connectivity index (χ2n) is 15.7. The minimum atomic E-state index is -0.0994. The number of rotatable bonds is 6. The van der Waals surface area contributed by atoms with E-state index in [-0.39, 0.29) is 37.6 Å². The van der Waals surface area contributed by atoms with Gasteiger partial charge in [-0.15, -0.1) is 40.7 Å². The van der Waals surface area contributed by atoms with E-state index in [0.29, 0.717) is 11.8 Å². The number of hydrogen-bond acceptors (Lipinski definition) is 4. The number of pyridine rings is 1. The molecule has 5 heteroatoms. The number of aromatic hydroxyl groups is 1. The molecule has 0 aliphatic heterocycles. The molecule has 0 aliphatic rings. The van der Waals surface area contributed by atoms with Crippen molar-refractivity contribution in [2.45, 2.75) is 91.9 Å². The van der Waals surface area contributed by atoms with E-state index in [1.807, 2.05) is 24.4 Å². The van der Waals surface area contributed by atoms with Gasteiger partial charge in [0.1, 0.15) is 10.8 Å². The van der Waals surface area contributed by atoms with E-state index in [2.05, 4.69) is 130 Å². The van der Waals surface area contributed by atoms with E-state index < -0.39 is 0 Å². The zero-order valence-corrected chi connectivity index (χ0v) is 33.4. The van der Waals surface area contributed by atoms with Crippen molar-refractivity contribution in [3.63, 3.8) is 0 Å². The van der Waals surface area contributed by atoms with E-state index >= 15 is 0 Å². The number of benzene rings is 4. The van der Waals surface area contributed by atoms with Crippen LogP contribution in [0.25, 0.3) is 54.3 Å². The number of thiazole rings is 1. The minimum absolute atomic E-state index is 0. The zero-order valence-electron chi connectivity index (χ0n) is 30.3. The summed E-state index contributed by atoms with van der Waals surface area (Å²) < 4.78 is 1.10. The summed E-state index contributed by atoms with van der Waals surface area (Å²) in [7, 11) is 0. The Morgan fingerprint density at radius 1 is 0.673 bits per heavy atom. The zero-order chi connectivity index (χ0) is 34.5. The number of phenols is 1. The monoisotopic (exact) mass is 846 g/mol. The molecule has 256 valence electrons. The Bertz CT molecular complexity index is 2100. The molecule has 0 spiro atoms. The van der Waals surface area contributed by atoms with Crippen molar-refractivity contribution in [1.29, 1.82) is 0 Å². The molecule has 0 amide bonds. The first kappa shape index (κ1) is 36.7. The van der Waals surface area contributed by atoms with Crippen molar-refractivity contribution >= 4 is 21.6 Å². The topological polar surface area (TPSA) is 46.0 Å². The molecule has 0 atom stereocenters. The quantitative estimate of drug-likeness (QED) is 0.170. The van der Waals surface area contributed by atoms with Crippen LogP contribution in [0, 0.1) is 6.07 Å². The van der Waals surface area contributed by atoms with Crippen LogP contribution in [0.4, 0.5) is 0 Å². The van der Waals surface area contributed by atoms with Crippen molar-refractivity contribution in [3.05, 3.63) is 113 Å².